The molecule has 2 saturated carbocycles. The molecule has 0 spiro atoms. The van der Waals surface area contributed by atoms with Crippen LogP contribution in [-0.2, 0) is 4.74 Å². The highest BCUT2D eigenvalue weighted by Gasteiger charge is 2.61. The lowest BCUT2D eigenvalue weighted by Crippen LogP contribution is -2.60. The summed E-state index contributed by atoms with van der Waals surface area (Å²) in [4.78, 5) is 12.0. The number of amides is 1. The van der Waals surface area contributed by atoms with E-state index in [9.17, 15) is 4.79 Å². The van der Waals surface area contributed by atoms with Crippen LogP contribution < -0.4 is 11.1 Å². The minimum absolute atomic E-state index is 0.0330. The summed E-state index contributed by atoms with van der Waals surface area (Å²) in [6.45, 7) is 6.39. The van der Waals surface area contributed by atoms with E-state index in [-0.39, 0.29) is 17.0 Å². The van der Waals surface area contributed by atoms with E-state index in [4.69, 9.17) is 10.5 Å². The summed E-state index contributed by atoms with van der Waals surface area (Å²) in [6.07, 6.45) is 6.48. The Morgan fingerprint density at radius 3 is 2.22 bits per heavy atom. The maximum absolute atomic E-state index is 12.0. The zero-order valence-electron chi connectivity index (χ0n) is 11.8. The monoisotopic (exact) mass is 254 g/mol. The first-order valence-electron chi connectivity index (χ1n) is 7.04. The van der Waals surface area contributed by atoms with Gasteiger partial charge < -0.3 is 15.8 Å². The molecule has 2 fully saturated rings. The Labute approximate surface area is 110 Å². The largest absolute Gasteiger partial charge is 0.444 e. The molecule has 0 heterocycles. The average Bonchev–Trinajstić information content (AvgIpc) is 2.90. The van der Waals surface area contributed by atoms with Crippen molar-refractivity contribution in [3.8, 4) is 0 Å². The molecule has 0 bridgehead atoms. The third kappa shape index (κ3) is 2.48. The molecule has 0 aromatic carbocycles. The van der Waals surface area contributed by atoms with E-state index < -0.39 is 5.60 Å². The van der Waals surface area contributed by atoms with Gasteiger partial charge in [0.2, 0.25) is 0 Å². The molecule has 18 heavy (non-hydrogen) atoms. The lowest BCUT2D eigenvalue weighted by molar-refractivity contribution is 0.0208. The minimum atomic E-state index is -0.431. The molecule has 0 radical (unpaired) electrons. The molecule has 1 amide bonds. The first-order chi connectivity index (χ1) is 8.33. The van der Waals surface area contributed by atoms with Crippen LogP contribution in [0.1, 0.15) is 59.3 Å². The number of nitrogens with one attached hydrogen (secondary N) is 1. The second-order valence-electron chi connectivity index (χ2n) is 6.88. The summed E-state index contributed by atoms with van der Waals surface area (Å²) in [7, 11) is 0. The van der Waals surface area contributed by atoms with Gasteiger partial charge in [0.15, 0.2) is 0 Å². The maximum atomic E-state index is 12.0. The molecule has 0 aliphatic heterocycles. The fourth-order valence-electron chi connectivity index (χ4n) is 3.21. The number of hydrogen-bond acceptors (Lipinski definition) is 3. The van der Waals surface area contributed by atoms with Crippen molar-refractivity contribution in [1.82, 2.24) is 5.32 Å². The Hall–Kier alpha value is -0.770. The van der Waals surface area contributed by atoms with Crippen molar-refractivity contribution in [2.45, 2.75) is 70.4 Å². The topological polar surface area (TPSA) is 64.3 Å². The van der Waals surface area contributed by atoms with E-state index in [0.29, 0.717) is 6.54 Å². The van der Waals surface area contributed by atoms with Gasteiger partial charge in [-0.3, -0.25) is 0 Å². The van der Waals surface area contributed by atoms with Gasteiger partial charge in [-0.25, -0.2) is 4.79 Å². The van der Waals surface area contributed by atoms with Crippen molar-refractivity contribution in [2.24, 2.45) is 11.1 Å². The van der Waals surface area contributed by atoms with Crippen molar-refractivity contribution >= 4 is 6.09 Å². The van der Waals surface area contributed by atoms with Crippen LogP contribution in [-0.4, -0.2) is 23.8 Å². The lowest BCUT2D eigenvalue weighted by Gasteiger charge is -2.49. The summed E-state index contributed by atoms with van der Waals surface area (Å²) in [5.41, 5.74) is 5.52. The average molecular weight is 254 g/mol. The van der Waals surface area contributed by atoms with E-state index in [1.807, 2.05) is 20.8 Å². The molecule has 2 rings (SSSR count). The molecule has 0 saturated heterocycles. The number of rotatable bonds is 4. The SMILES string of the molecule is CC(C)(C)OC(=O)NC1(C2(CCN)CC2)CCC1. The second-order valence-corrected chi connectivity index (χ2v) is 6.88. The van der Waals surface area contributed by atoms with Crippen LogP contribution in [0.5, 0.6) is 0 Å². The molecule has 4 nitrogen and oxygen atoms in total. The van der Waals surface area contributed by atoms with Gasteiger partial charge in [-0.1, -0.05) is 0 Å². The van der Waals surface area contributed by atoms with E-state index in [0.717, 1.165) is 19.3 Å². The quantitative estimate of drug-likeness (QED) is 0.810. The van der Waals surface area contributed by atoms with Crippen molar-refractivity contribution in [3.05, 3.63) is 0 Å². The highest BCUT2D eigenvalue weighted by atomic mass is 16.6. The summed E-state index contributed by atoms with van der Waals surface area (Å²) < 4.78 is 5.39. The van der Waals surface area contributed by atoms with E-state index in [2.05, 4.69) is 5.32 Å². The molecule has 2 aliphatic rings. The fourth-order valence-corrected chi connectivity index (χ4v) is 3.21. The van der Waals surface area contributed by atoms with Crippen LogP contribution in [0, 0.1) is 5.41 Å². The normalized spacial score (nSPS) is 24.0. The van der Waals surface area contributed by atoms with E-state index >= 15 is 0 Å². The molecule has 0 unspecified atom stereocenters. The maximum Gasteiger partial charge on any atom is 0.408 e. The Morgan fingerprint density at radius 2 is 1.89 bits per heavy atom. The van der Waals surface area contributed by atoms with Crippen LogP contribution in [0.25, 0.3) is 0 Å². The lowest BCUT2D eigenvalue weighted by atomic mass is 9.64. The molecule has 2 aliphatic carbocycles. The first-order valence-corrected chi connectivity index (χ1v) is 7.04. The van der Waals surface area contributed by atoms with Gasteiger partial charge in [0.1, 0.15) is 5.60 Å². The number of carbonyl (C=O) groups excluding carboxylic acids is 1. The van der Waals surface area contributed by atoms with Crippen molar-refractivity contribution in [2.75, 3.05) is 6.54 Å². The molecule has 0 atom stereocenters. The number of carbonyl (C=O) groups is 1. The molecule has 3 N–H and O–H groups in total. The minimum Gasteiger partial charge on any atom is -0.444 e. The Kier molecular flexibility index (Phi) is 3.34. The van der Waals surface area contributed by atoms with Gasteiger partial charge in [0, 0.05) is 5.54 Å². The Balaban J connectivity index is 1.99. The molecular formula is C14H26N2O2. The van der Waals surface area contributed by atoms with Crippen LogP contribution in [0.4, 0.5) is 4.79 Å². The van der Waals surface area contributed by atoms with Gasteiger partial charge in [-0.05, 0) is 71.3 Å². The zero-order chi connectivity index (χ0) is 13.4. The summed E-state index contributed by atoms with van der Waals surface area (Å²) in [5.74, 6) is 0. The predicted octanol–water partition coefficient (Wildman–Crippen LogP) is 2.56. The molecule has 4 heteroatoms. The van der Waals surface area contributed by atoms with E-state index in [1.165, 1.54) is 19.3 Å². The van der Waals surface area contributed by atoms with Crippen LogP contribution >= 0.6 is 0 Å². The Bertz CT molecular complexity index is 325. The first kappa shape index (κ1) is 13.7. The van der Waals surface area contributed by atoms with Gasteiger partial charge in [-0.2, -0.15) is 0 Å². The summed E-state index contributed by atoms with van der Waals surface area (Å²) >= 11 is 0. The zero-order valence-corrected chi connectivity index (χ0v) is 11.8. The third-order valence-corrected chi connectivity index (χ3v) is 4.44. The third-order valence-electron chi connectivity index (χ3n) is 4.44. The van der Waals surface area contributed by atoms with Crippen molar-refractivity contribution in [3.63, 3.8) is 0 Å². The Morgan fingerprint density at radius 1 is 1.28 bits per heavy atom. The van der Waals surface area contributed by atoms with Gasteiger partial charge >= 0.3 is 6.09 Å². The predicted molar refractivity (Wildman–Crippen MR) is 71.3 cm³/mol. The van der Waals surface area contributed by atoms with Gasteiger partial charge in [-0.15, -0.1) is 0 Å². The van der Waals surface area contributed by atoms with Crippen LogP contribution in [0.2, 0.25) is 0 Å². The van der Waals surface area contributed by atoms with Gasteiger partial charge in [0.05, 0.1) is 0 Å². The van der Waals surface area contributed by atoms with Crippen LogP contribution in [0.15, 0.2) is 0 Å². The van der Waals surface area contributed by atoms with Crippen molar-refractivity contribution in [1.29, 1.82) is 0 Å². The molecular weight excluding hydrogens is 228 g/mol. The number of ether oxygens (including phenoxy) is 1. The van der Waals surface area contributed by atoms with Crippen LogP contribution in [0.3, 0.4) is 0 Å². The summed E-state index contributed by atoms with van der Waals surface area (Å²) in [6, 6.07) is 0. The highest BCUT2D eigenvalue weighted by molar-refractivity contribution is 5.69. The molecule has 104 valence electrons. The van der Waals surface area contributed by atoms with Crippen molar-refractivity contribution < 1.29 is 9.53 Å². The standard InChI is InChI=1S/C14H26N2O2/c1-12(2,3)18-11(17)16-14(5-4-6-14)13(7-8-13)9-10-15/h4-10,15H2,1-3H3,(H,16,17). The number of nitrogens with two attached hydrogens (primary N) is 1. The van der Waals surface area contributed by atoms with Gasteiger partial charge in [0.25, 0.3) is 0 Å². The summed E-state index contributed by atoms with van der Waals surface area (Å²) in [5, 5.41) is 3.16. The number of hydrogen-bond donors (Lipinski definition) is 2. The molecule has 0 aromatic rings. The van der Waals surface area contributed by atoms with E-state index in [1.54, 1.807) is 0 Å². The second kappa shape index (κ2) is 4.41. The molecule has 0 aromatic heterocycles. The fraction of sp³-hybridized carbons (Fsp3) is 0.929. The number of alkyl carbamates (subject to hydrolysis) is 1. The smallest absolute Gasteiger partial charge is 0.408 e. The highest BCUT2D eigenvalue weighted by Crippen LogP contribution is 2.63.